The van der Waals surface area contributed by atoms with Gasteiger partial charge in [-0.1, -0.05) is 6.42 Å². The van der Waals surface area contributed by atoms with Gasteiger partial charge >= 0.3 is 0 Å². The molecule has 15 heavy (non-hydrogen) atoms. The number of hydrogen-bond acceptors (Lipinski definition) is 2. The highest BCUT2D eigenvalue weighted by atomic mass is 16.2. The van der Waals surface area contributed by atoms with E-state index in [1.807, 2.05) is 0 Å². The van der Waals surface area contributed by atoms with Crippen molar-refractivity contribution >= 4 is 5.91 Å². The van der Waals surface area contributed by atoms with E-state index in [0.29, 0.717) is 23.8 Å². The molecule has 86 valence electrons. The van der Waals surface area contributed by atoms with Crippen molar-refractivity contribution in [1.82, 2.24) is 10.6 Å². The molecular weight excluding hydrogens is 188 g/mol. The summed E-state index contributed by atoms with van der Waals surface area (Å²) in [6.07, 6.45) is 5.84. The zero-order valence-electron chi connectivity index (χ0n) is 9.59. The van der Waals surface area contributed by atoms with Crippen LogP contribution in [0.25, 0.3) is 0 Å². The number of rotatable bonds is 3. The number of piperidine rings is 1. The summed E-state index contributed by atoms with van der Waals surface area (Å²) in [5, 5.41) is 6.54. The molecule has 1 aliphatic carbocycles. The van der Waals surface area contributed by atoms with Crippen molar-refractivity contribution in [2.24, 2.45) is 11.8 Å². The van der Waals surface area contributed by atoms with Gasteiger partial charge in [0, 0.05) is 12.0 Å². The van der Waals surface area contributed by atoms with Gasteiger partial charge in [-0.3, -0.25) is 4.79 Å². The van der Waals surface area contributed by atoms with Crippen molar-refractivity contribution in [2.75, 3.05) is 13.1 Å². The number of nitrogens with one attached hydrogen (secondary N) is 2. The molecule has 0 spiro atoms. The Morgan fingerprint density at radius 3 is 2.47 bits per heavy atom. The quantitative estimate of drug-likeness (QED) is 0.737. The minimum atomic E-state index is 0.298. The molecule has 2 rings (SSSR count). The Bertz CT molecular complexity index is 220. The van der Waals surface area contributed by atoms with Crippen LogP contribution in [0.15, 0.2) is 0 Å². The summed E-state index contributed by atoms with van der Waals surface area (Å²) in [5.41, 5.74) is 0. The minimum absolute atomic E-state index is 0.298. The van der Waals surface area contributed by atoms with Crippen LogP contribution in [0.2, 0.25) is 0 Å². The number of carbonyl (C=O) groups excluding carboxylic acids is 1. The predicted octanol–water partition coefficient (Wildman–Crippen LogP) is 1.29. The van der Waals surface area contributed by atoms with Crippen LogP contribution in [0.1, 0.15) is 39.0 Å². The first kappa shape index (κ1) is 10.9. The fourth-order valence-electron chi connectivity index (χ4n) is 2.47. The highest BCUT2D eigenvalue weighted by Gasteiger charge is 2.28. The van der Waals surface area contributed by atoms with Crippen LogP contribution in [0.4, 0.5) is 0 Å². The number of hydrogen-bond donors (Lipinski definition) is 2. The van der Waals surface area contributed by atoms with Gasteiger partial charge < -0.3 is 10.6 Å². The molecule has 1 amide bonds. The van der Waals surface area contributed by atoms with Crippen molar-refractivity contribution in [3.05, 3.63) is 0 Å². The van der Waals surface area contributed by atoms with Crippen LogP contribution >= 0.6 is 0 Å². The van der Waals surface area contributed by atoms with E-state index in [1.54, 1.807) is 0 Å². The molecule has 2 fully saturated rings. The maximum absolute atomic E-state index is 11.8. The van der Waals surface area contributed by atoms with Crippen molar-refractivity contribution < 1.29 is 4.79 Å². The second-order valence-electron chi connectivity index (χ2n) is 5.01. The van der Waals surface area contributed by atoms with Crippen LogP contribution in [-0.4, -0.2) is 25.0 Å². The lowest BCUT2D eigenvalue weighted by atomic mass is 9.84. The SMILES string of the molecule is CC(NC(=O)C1CCC1)C1CCNCC1. The topological polar surface area (TPSA) is 41.1 Å². The molecule has 0 bridgehead atoms. The molecular formula is C12H22N2O. The van der Waals surface area contributed by atoms with E-state index in [9.17, 15) is 4.79 Å². The first-order valence-electron chi connectivity index (χ1n) is 6.28. The summed E-state index contributed by atoms with van der Waals surface area (Å²) in [6.45, 7) is 4.37. The Labute approximate surface area is 92.0 Å². The highest BCUT2D eigenvalue weighted by molar-refractivity contribution is 5.79. The molecule has 1 heterocycles. The van der Waals surface area contributed by atoms with Gasteiger partial charge in [-0.15, -0.1) is 0 Å². The standard InChI is InChI=1S/C12H22N2O/c1-9(10-5-7-13-8-6-10)14-12(15)11-3-2-4-11/h9-11,13H,2-8H2,1H3,(H,14,15). The molecule has 1 atom stereocenters. The van der Waals surface area contributed by atoms with Crippen LogP contribution < -0.4 is 10.6 Å². The molecule has 0 radical (unpaired) electrons. The normalized spacial score (nSPS) is 25.7. The predicted molar refractivity (Wildman–Crippen MR) is 60.5 cm³/mol. The molecule has 0 aromatic heterocycles. The zero-order valence-corrected chi connectivity index (χ0v) is 9.59. The minimum Gasteiger partial charge on any atom is -0.353 e. The summed E-state index contributed by atoms with van der Waals surface area (Å²) in [5.74, 6) is 1.30. The van der Waals surface area contributed by atoms with Gasteiger partial charge in [0.15, 0.2) is 0 Å². The molecule has 3 nitrogen and oxygen atoms in total. The second-order valence-corrected chi connectivity index (χ2v) is 5.01. The molecule has 0 aromatic carbocycles. The monoisotopic (exact) mass is 210 g/mol. The first-order chi connectivity index (χ1) is 7.27. The van der Waals surface area contributed by atoms with Gasteiger partial charge in [-0.05, 0) is 51.6 Å². The molecule has 1 saturated carbocycles. The summed E-state index contributed by atoms with van der Waals surface area (Å²) in [4.78, 5) is 11.8. The molecule has 1 unspecified atom stereocenters. The van der Waals surface area contributed by atoms with Crippen LogP contribution in [0.5, 0.6) is 0 Å². The Hall–Kier alpha value is -0.570. The second kappa shape index (κ2) is 4.97. The zero-order chi connectivity index (χ0) is 10.7. The van der Waals surface area contributed by atoms with Gasteiger partial charge in [0.1, 0.15) is 0 Å². The van der Waals surface area contributed by atoms with E-state index in [1.165, 1.54) is 19.3 Å². The van der Waals surface area contributed by atoms with E-state index in [2.05, 4.69) is 17.6 Å². The van der Waals surface area contributed by atoms with Gasteiger partial charge in [0.05, 0.1) is 0 Å². The Morgan fingerprint density at radius 2 is 1.93 bits per heavy atom. The maximum Gasteiger partial charge on any atom is 0.223 e. The molecule has 1 aliphatic heterocycles. The molecule has 2 aliphatic rings. The summed E-state index contributed by atoms with van der Waals surface area (Å²) >= 11 is 0. The van der Waals surface area contributed by atoms with Crippen LogP contribution in [0, 0.1) is 11.8 Å². The third-order valence-corrected chi connectivity index (χ3v) is 3.94. The van der Waals surface area contributed by atoms with E-state index in [4.69, 9.17) is 0 Å². The van der Waals surface area contributed by atoms with Crippen molar-refractivity contribution in [3.63, 3.8) is 0 Å². The number of amides is 1. The van der Waals surface area contributed by atoms with Gasteiger partial charge in [-0.25, -0.2) is 0 Å². The van der Waals surface area contributed by atoms with E-state index >= 15 is 0 Å². The Morgan fingerprint density at radius 1 is 1.27 bits per heavy atom. The van der Waals surface area contributed by atoms with Crippen molar-refractivity contribution in [1.29, 1.82) is 0 Å². The van der Waals surface area contributed by atoms with Gasteiger partial charge in [-0.2, -0.15) is 0 Å². The lowest BCUT2D eigenvalue weighted by Gasteiger charge is -2.31. The summed E-state index contributed by atoms with van der Waals surface area (Å²) in [7, 11) is 0. The summed E-state index contributed by atoms with van der Waals surface area (Å²) < 4.78 is 0. The Kier molecular flexibility index (Phi) is 3.62. The molecule has 3 heteroatoms. The Balaban J connectivity index is 1.74. The molecule has 1 saturated heterocycles. The average Bonchev–Trinajstić information content (AvgIpc) is 2.16. The highest BCUT2D eigenvalue weighted by Crippen LogP contribution is 2.27. The van der Waals surface area contributed by atoms with Crippen LogP contribution in [-0.2, 0) is 4.79 Å². The molecule has 2 N–H and O–H groups in total. The van der Waals surface area contributed by atoms with Crippen LogP contribution in [0.3, 0.4) is 0 Å². The fraction of sp³-hybridized carbons (Fsp3) is 0.917. The first-order valence-corrected chi connectivity index (χ1v) is 6.28. The number of carbonyl (C=O) groups is 1. The van der Waals surface area contributed by atoms with Gasteiger partial charge in [0.25, 0.3) is 0 Å². The maximum atomic E-state index is 11.8. The fourth-order valence-corrected chi connectivity index (χ4v) is 2.47. The van der Waals surface area contributed by atoms with Crippen molar-refractivity contribution in [2.45, 2.75) is 45.1 Å². The lowest BCUT2D eigenvalue weighted by molar-refractivity contribution is -0.128. The van der Waals surface area contributed by atoms with Gasteiger partial charge in [0.2, 0.25) is 5.91 Å². The van der Waals surface area contributed by atoms with Crippen molar-refractivity contribution in [3.8, 4) is 0 Å². The summed E-state index contributed by atoms with van der Waals surface area (Å²) in [6, 6.07) is 0.361. The molecule has 0 aromatic rings. The largest absolute Gasteiger partial charge is 0.353 e. The smallest absolute Gasteiger partial charge is 0.223 e. The van der Waals surface area contributed by atoms with E-state index in [0.717, 1.165) is 25.9 Å². The third-order valence-electron chi connectivity index (χ3n) is 3.94. The third kappa shape index (κ3) is 2.71. The van der Waals surface area contributed by atoms with E-state index < -0.39 is 0 Å². The average molecular weight is 210 g/mol. The lowest BCUT2D eigenvalue weighted by Crippen LogP contribution is -2.45. The van der Waals surface area contributed by atoms with E-state index in [-0.39, 0.29) is 0 Å².